The number of hydrogen-bond donors (Lipinski definition) is 1. The molecule has 0 aliphatic heterocycles. The number of nitrogens with two attached hydrogens (primary N) is 1. The normalized spacial score (nSPS) is 13.7. The molecule has 2 unspecified atom stereocenters. The zero-order chi connectivity index (χ0) is 15.4. The molecule has 2 rings (SSSR count). The molecule has 1 heterocycles. The first-order valence-corrected chi connectivity index (χ1v) is 6.71. The van der Waals surface area contributed by atoms with Crippen molar-refractivity contribution in [3.05, 3.63) is 47.7 Å². The quantitative estimate of drug-likeness (QED) is 0.916. The molecular formula is C15H17F2N3O. The van der Waals surface area contributed by atoms with E-state index >= 15 is 0 Å². The molecule has 1 aromatic heterocycles. The highest BCUT2D eigenvalue weighted by molar-refractivity contribution is 5.29. The van der Waals surface area contributed by atoms with Crippen LogP contribution in [0.15, 0.2) is 30.5 Å². The van der Waals surface area contributed by atoms with Gasteiger partial charge in [-0.1, -0.05) is 26.0 Å². The predicted molar refractivity (Wildman–Crippen MR) is 75.6 cm³/mol. The molecule has 1 aromatic carbocycles. The van der Waals surface area contributed by atoms with Gasteiger partial charge in [-0.05, 0) is 30.0 Å². The smallest absolute Gasteiger partial charge is 0.319 e. The highest BCUT2D eigenvalue weighted by Gasteiger charge is 2.21. The summed E-state index contributed by atoms with van der Waals surface area (Å²) in [6.07, 6.45) is 1.45. The third-order valence-corrected chi connectivity index (χ3v) is 3.34. The molecule has 0 spiro atoms. The van der Waals surface area contributed by atoms with Crippen LogP contribution in [0, 0.1) is 17.6 Å². The minimum Gasteiger partial charge on any atom is -0.455 e. The molecule has 0 aliphatic carbocycles. The zero-order valence-electron chi connectivity index (χ0n) is 11.9. The summed E-state index contributed by atoms with van der Waals surface area (Å²) in [5.41, 5.74) is 6.21. The maximum absolute atomic E-state index is 13.1. The molecular weight excluding hydrogens is 276 g/mol. The fraction of sp³-hybridized carbons (Fsp3) is 0.333. The van der Waals surface area contributed by atoms with Crippen molar-refractivity contribution in [2.75, 3.05) is 5.73 Å². The van der Waals surface area contributed by atoms with E-state index in [-0.39, 0.29) is 29.7 Å². The van der Waals surface area contributed by atoms with E-state index in [4.69, 9.17) is 10.5 Å². The van der Waals surface area contributed by atoms with E-state index in [0.29, 0.717) is 0 Å². The molecule has 0 aliphatic rings. The SMILES string of the molecule is CCC(C)C(Oc1ncc(F)c(N)n1)c1ccc(F)cc1. The molecule has 0 saturated carbocycles. The maximum Gasteiger partial charge on any atom is 0.319 e. The van der Waals surface area contributed by atoms with Crippen molar-refractivity contribution < 1.29 is 13.5 Å². The van der Waals surface area contributed by atoms with Crippen LogP contribution in [0.2, 0.25) is 0 Å². The van der Waals surface area contributed by atoms with Gasteiger partial charge in [-0.2, -0.15) is 4.98 Å². The summed E-state index contributed by atoms with van der Waals surface area (Å²) in [5.74, 6) is -1.12. The van der Waals surface area contributed by atoms with Crippen LogP contribution in [0.25, 0.3) is 0 Å². The highest BCUT2D eigenvalue weighted by atomic mass is 19.1. The number of nitrogen functional groups attached to an aromatic ring is 1. The number of rotatable bonds is 5. The first kappa shape index (κ1) is 15.2. The first-order chi connectivity index (χ1) is 10.0. The molecule has 0 fully saturated rings. The van der Waals surface area contributed by atoms with Gasteiger partial charge in [0, 0.05) is 0 Å². The van der Waals surface area contributed by atoms with E-state index < -0.39 is 5.82 Å². The Labute approximate surface area is 122 Å². The Morgan fingerprint density at radius 1 is 1.24 bits per heavy atom. The second-order valence-electron chi connectivity index (χ2n) is 4.86. The van der Waals surface area contributed by atoms with E-state index in [1.165, 1.54) is 12.1 Å². The summed E-state index contributed by atoms with van der Waals surface area (Å²) in [5, 5.41) is 0. The van der Waals surface area contributed by atoms with Crippen molar-refractivity contribution in [3.8, 4) is 6.01 Å². The molecule has 112 valence electrons. The van der Waals surface area contributed by atoms with Gasteiger partial charge in [0.05, 0.1) is 6.20 Å². The van der Waals surface area contributed by atoms with Gasteiger partial charge in [-0.25, -0.2) is 13.8 Å². The van der Waals surface area contributed by atoms with Crippen molar-refractivity contribution >= 4 is 5.82 Å². The van der Waals surface area contributed by atoms with E-state index in [1.54, 1.807) is 12.1 Å². The molecule has 6 heteroatoms. The molecule has 0 saturated heterocycles. The van der Waals surface area contributed by atoms with E-state index in [9.17, 15) is 8.78 Å². The Hall–Kier alpha value is -2.24. The van der Waals surface area contributed by atoms with Gasteiger partial charge >= 0.3 is 6.01 Å². The van der Waals surface area contributed by atoms with Crippen molar-refractivity contribution in [1.82, 2.24) is 9.97 Å². The second kappa shape index (κ2) is 6.47. The molecule has 2 N–H and O–H groups in total. The minimum atomic E-state index is -0.691. The Bertz CT molecular complexity index is 604. The predicted octanol–water partition coefficient (Wildman–Crippen LogP) is 3.50. The number of anilines is 1. The fourth-order valence-corrected chi connectivity index (χ4v) is 1.91. The molecule has 4 nitrogen and oxygen atoms in total. The number of benzene rings is 1. The van der Waals surface area contributed by atoms with Gasteiger partial charge in [-0.15, -0.1) is 0 Å². The van der Waals surface area contributed by atoms with Gasteiger partial charge in [-0.3, -0.25) is 0 Å². The lowest BCUT2D eigenvalue weighted by Crippen LogP contribution is -2.17. The van der Waals surface area contributed by atoms with Gasteiger partial charge in [0.2, 0.25) is 0 Å². The van der Waals surface area contributed by atoms with E-state index in [0.717, 1.165) is 18.2 Å². The van der Waals surface area contributed by atoms with Gasteiger partial charge < -0.3 is 10.5 Å². The Morgan fingerprint density at radius 2 is 1.90 bits per heavy atom. The summed E-state index contributed by atoms with van der Waals surface area (Å²) in [7, 11) is 0. The number of nitrogens with zero attached hydrogens (tertiary/aromatic N) is 2. The number of halogens is 2. The standard InChI is InChI=1S/C15H17F2N3O/c1-3-9(2)13(10-4-6-11(16)7-5-10)21-15-19-8-12(17)14(18)20-15/h4-9,13H,3H2,1-2H3,(H2,18,19,20). The molecule has 2 atom stereocenters. The summed E-state index contributed by atoms with van der Waals surface area (Å²) in [4.78, 5) is 7.54. The lowest BCUT2D eigenvalue weighted by atomic mass is 9.95. The average molecular weight is 293 g/mol. The summed E-state index contributed by atoms with van der Waals surface area (Å²) < 4.78 is 31.9. The molecule has 21 heavy (non-hydrogen) atoms. The number of ether oxygens (including phenoxy) is 1. The molecule has 0 radical (unpaired) electrons. The summed E-state index contributed by atoms with van der Waals surface area (Å²) >= 11 is 0. The largest absolute Gasteiger partial charge is 0.455 e. The van der Waals surface area contributed by atoms with Gasteiger partial charge in [0.1, 0.15) is 11.9 Å². The van der Waals surface area contributed by atoms with Crippen molar-refractivity contribution in [3.63, 3.8) is 0 Å². The maximum atomic E-state index is 13.1. The van der Waals surface area contributed by atoms with Crippen LogP contribution in [0.4, 0.5) is 14.6 Å². The summed E-state index contributed by atoms with van der Waals surface area (Å²) in [6, 6.07) is 6.04. The van der Waals surface area contributed by atoms with E-state index in [2.05, 4.69) is 9.97 Å². The average Bonchev–Trinajstić information content (AvgIpc) is 2.48. The van der Waals surface area contributed by atoms with Gasteiger partial charge in [0.15, 0.2) is 11.6 Å². The number of hydrogen-bond acceptors (Lipinski definition) is 4. The molecule has 0 bridgehead atoms. The second-order valence-corrected chi connectivity index (χ2v) is 4.86. The van der Waals surface area contributed by atoms with Gasteiger partial charge in [0.25, 0.3) is 0 Å². The Balaban J connectivity index is 2.28. The van der Waals surface area contributed by atoms with Crippen molar-refractivity contribution in [2.24, 2.45) is 5.92 Å². The van der Waals surface area contributed by atoms with Crippen molar-refractivity contribution in [2.45, 2.75) is 26.4 Å². The van der Waals surface area contributed by atoms with Crippen LogP contribution in [-0.4, -0.2) is 9.97 Å². The molecule has 2 aromatic rings. The first-order valence-electron chi connectivity index (χ1n) is 6.71. The number of aromatic nitrogens is 2. The third-order valence-electron chi connectivity index (χ3n) is 3.34. The Morgan fingerprint density at radius 3 is 2.48 bits per heavy atom. The third kappa shape index (κ3) is 3.65. The van der Waals surface area contributed by atoms with Crippen LogP contribution in [0.1, 0.15) is 31.9 Å². The van der Waals surface area contributed by atoms with Crippen LogP contribution >= 0.6 is 0 Å². The zero-order valence-corrected chi connectivity index (χ0v) is 11.9. The minimum absolute atomic E-state index is 0.00326. The van der Waals surface area contributed by atoms with Crippen molar-refractivity contribution in [1.29, 1.82) is 0 Å². The monoisotopic (exact) mass is 293 g/mol. The fourth-order valence-electron chi connectivity index (χ4n) is 1.91. The van der Waals surface area contributed by atoms with E-state index in [1.807, 2.05) is 13.8 Å². The van der Waals surface area contributed by atoms with Crippen LogP contribution in [-0.2, 0) is 0 Å². The Kier molecular flexibility index (Phi) is 4.67. The summed E-state index contributed by atoms with van der Waals surface area (Å²) in [6.45, 7) is 4.02. The molecule has 0 amide bonds. The van der Waals surface area contributed by atoms with Crippen LogP contribution in [0.5, 0.6) is 6.01 Å². The topological polar surface area (TPSA) is 61.0 Å². The van der Waals surface area contributed by atoms with Crippen LogP contribution in [0.3, 0.4) is 0 Å². The highest BCUT2D eigenvalue weighted by Crippen LogP contribution is 2.29. The van der Waals surface area contributed by atoms with Crippen LogP contribution < -0.4 is 10.5 Å². The lowest BCUT2D eigenvalue weighted by Gasteiger charge is -2.23. The lowest BCUT2D eigenvalue weighted by molar-refractivity contribution is 0.128.